The molecule has 1 aliphatic heterocycles. The zero-order chi connectivity index (χ0) is 13.8. The van der Waals surface area contributed by atoms with Gasteiger partial charge in [0.05, 0.1) is 6.54 Å². The first-order valence-corrected chi connectivity index (χ1v) is 6.13. The molecule has 0 saturated carbocycles. The van der Waals surface area contributed by atoms with Crippen LogP contribution in [0.2, 0.25) is 0 Å². The molecule has 1 aliphatic rings. The largest absolute Gasteiger partial charge is 0.461 e. The van der Waals surface area contributed by atoms with Gasteiger partial charge in [0.1, 0.15) is 6.10 Å². The maximum atomic E-state index is 12.0. The van der Waals surface area contributed by atoms with Gasteiger partial charge in [-0.1, -0.05) is 6.07 Å². The Morgan fingerprint density at radius 1 is 1.47 bits per heavy atom. The summed E-state index contributed by atoms with van der Waals surface area (Å²) in [6, 6.07) is 6.78. The van der Waals surface area contributed by atoms with Crippen molar-refractivity contribution in [3.05, 3.63) is 24.3 Å². The normalized spacial score (nSPS) is 18.2. The molecule has 0 spiro atoms. The molecule has 1 saturated heterocycles. The lowest BCUT2D eigenvalue weighted by molar-refractivity contribution is -0.145. The third kappa shape index (κ3) is 3.61. The topological polar surface area (TPSA) is 84.7 Å². The number of ether oxygens (including phenoxy) is 1. The Morgan fingerprint density at radius 3 is 2.95 bits per heavy atom. The number of urea groups is 1. The second kappa shape index (κ2) is 5.60. The molecule has 6 nitrogen and oxygen atoms in total. The highest BCUT2D eigenvalue weighted by Gasteiger charge is 2.28. The van der Waals surface area contributed by atoms with Gasteiger partial charge in [-0.3, -0.25) is 4.79 Å². The van der Waals surface area contributed by atoms with E-state index >= 15 is 0 Å². The van der Waals surface area contributed by atoms with E-state index in [-0.39, 0.29) is 18.1 Å². The van der Waals surface area contributed by atoms with Gasteiger partial charge in [-0.2, -0.15) is 0 Å². The number of anilines is 2. The van der Waals surface area contributed by atoms with Crippen molar-refractivity contribution in [2.45, 2.75) is 19.4 Å². The average molecular weight is 263 g/mol. The number of amides is 2. The number of esters is 1. The smallest absolute Gasteiger partial charge is 0.321 e. The van der Waals surface area contributed by atoms with E-state index < -0.39 is 0 Å². The summed E-state index contributed by atoms with van der Waals surface area (Å²) < 4.78 is 5.08. The Balaban J connectivity index is 1.89. The summed E-state index contributed by atoms with van der Waals surface area (Å²) in [7, 11) is 0. The summed E-state index contributed by atoms with van der Waals surface area (Å²) in [5.74, 6) is -0.317. The molecule has 1 atom stereocenters. The molecule has 102 valence electrons. The van der Waals surface area contributed by atoms with Gasteiger partial charge in [0.25, 0.3) is 0 Å². The molecule has 6 heteroatoms. The third-order valence-corrected chi connectivity index (χ3v) is 2.90. The maximum absolute atomic E-state index is 12.0. The van der Waals surface area contributed by atoms with E-state index in [9.17, 15) is 9.59 Å². The Labute approximate surface area is 111 Å². The van der Waals surface area contributed by atoms with E-state index in [1.165, 1.54) is 6.92 Å². The quantitative estimate of drug-likeness (QED) is 0.624. The van der Waals surface area contributed by atoms with Crippen molar-refractivity contribution in [1.29, 1.82) is 0 Å². The predicted octanol–water partition coefficient (Wildman–Crippen LogP) is 1.44. The number of hydrogen-bond donors (Lipinski definition) is 2. The van der Waals surface area contributed by atoms with Crippen LogP contribution in [0.25, 0.3) is 0 Å². The van der Waals surface area contributed by atoms with Crippen LogP contribution in [0.15, 0.2) is 24.3 Å². The van der Waals surface area contributed by atoms with Crippen molar-refractivity contribution in [3.8, 4) is 0 Å². The van der Waals surface area contributed by atoms with Crippen LogP contribution in [0.4, 0.5) is 16.2 Å². The lowest BCUT2D eigenvalue weighted by Crippen LogP contribution is -2.34. The minimum atomic E-state index is -0.317. The molecule has 0 bridgehead atoms. The van der Waals surface area contributed by atoms with Gasteiger partial charge >= 0.3 is 12.0 Å². The molecule has 2 rings (SSSR count). The van der Waals surface area contributed by atoms with Crippen LogP contribution in [0.5, 0.6) is 0 Å². The van der Waals surface area contributed by atoms with E-state index in [4.69, 9.17) is 10.5 Å². The molecule has 1 fully saturated rings. The summed E-state index contributed by atoms with van der Waals surface area (Å²) in [6.45, 7) is 2.37. The minimum absolute atomic E-state index is 0.205. The van der Waals surface area contributed by atoms with Gasteiger partial charge in [-0.05, 0) is 18.2 Å². The standard InChI is InChI=1S/C13H17N3O3/c1-9(17)19-12-5-6-16(8-12)13(18)15-11-4-2-3-10(14)7-11/h2-4,7,12H,5-6,8,14H2,1H3,(H,15,18). The number of hydrogen-bond acceptors (Lipinski definition) is 4. The lowest BCUT2D eigenvalue weighted by atomic mass is 10.3. The molecule has 19 heavy (non-hydrogen) atoms. The van der Waals surface area contributed by atoms with E-state index in [0.29, 0.717) is 30.9 Å². The number of carbonyl (C=O) groups excluding carboxylic acids is 2. The molecule has 0 aliphatic carbocycles. The van der Waals surface area contributed by atoms with Crippen LogP contribution in [0, 0.1) is 0 Å². The van der Waals surface area contributed by atoms with E-state index in [2.05, 4.69) is 5.32 Å². The SMILES string of the molecule is CC(=O)OC1CCN(C(=O)Nc2cccc(N)c2)C1. The number of rotatable bonds is 2. The number of carbonyl (C=O) groups is 2. The number of nitrogens with two attached hydrogens (primary N) is 1. The molecule has 0 aromatic heterocycles. The Hall–Kier alpha value is -2.24. The van der Waals surface area contributed by atoms with Crippen molar-refractivity contribution in [3.63, 3.8) is 0 Å². The monoisotopic (exact) mass is 263 g/mol. The highest BCUT2D eigenvalue weighted by atomic mass is 16.5. The first-order chi connectivity index (χ1) is 9.04. The summed E-state index contributed by atoms with van der Waals surface area (Å²) in [4.78, 5) is 24.5. The number of nitrogens with one attached hydrogen (secondary N) is 1. The minimum Gasteiger partial charge on any atom is -0.461 e. The number of nitrogen functional groups attached to an aromatic ring is 1. The van der Waals surface area contributed by atoms with Crippen LogP contribution < -0.4 is 11.1 Å². The fourth-order valence-electron chi connectivity index (χ4n) is 2.06. The molecule has 0 radical (unpaired) electrons. The number of likely N-dealkylation sites (tertiary alicyclic amines) is 1. The maximum Gasteiger partial charge on any atom is 0.321 e. The fourth-order valence-corrected chi connectivity index (χ4v) is 2.06. The van der Waals surface area contributed by atoms with Crippen molar-refractivity contribution in [2.24, 2.45) is 0 Å². The summed E-state index contributed by atoms with van der Waals surface area (Å²) in [5.41, 5.74) is 6.89. The predicted molar refractivity (Wildman–Crippen MR) is 71.6 cm³/mol. The molecule has 1 heterocycles. The first kappa shape index (κ1) is 13.2. The molecular weight excluding hydrogens is 246 g/mol. The first-order valence-electron chi connectivity index (χ1n) is 6.13. The lowest BCUT2D eigenvalue weighted by Gasteiger charge is -2.17. The van der Waals surface area contributed by atoms with E-state index in [1.54, 1.807) is 29.2 Å². The van der Waals surface area contributed by atoms with Crippen molar-refractivity contribution >= 4 is 23.4 Å². The van der Waals surface area contributed by atoms with Crippen molar-refractivity contribution in [2.75, 3.05) is 24.1 Å². The zero-order valence-electron chi connectivity index (χ0n) is 10.8. The molecule has 3 N–H and O–H groups in total. The highest BCUT2D eigenvalue weighted by molar-refractivity contribution is 5.90. The molecular formula is C13H17N3O3. The van der Waals surface area contributed by atoms with Gasteiger partial charge < -0.3 is 20.7 Å². The zero-order valence-corrected chi connectivity index (χ0v) is 10.8. The van der Waals surface area contributed by atoms with E-state index in [1.807, 2.05) is 0 Å². The Kier molecular flexibility index (Phi) is 3.89. The van der Waals surface area contributed by atoms with Crippen molar-refractivity contribution in [1.82, 2.24) is 4.90 Å². The molecule has 1 aromatic rings. The number of nitrogens with zero attached hydrogens (tertiary/aromatic N) is 1. The Morgan fingerprint density at radius 2 is 2.26 bits per heavy atom. The number of benzene rings is 1. The molecule has 2 amide bonds. The summed E-state index contributed by atoms with van der Waals surface area (Å²) >= 11 is 0. The van der Waals surface area contributed by atoms with Gasteiger partial charge in [-0.25, -0.2) is 4.79 Å². The van der Waals surface area contributed by atoms with Crippen LogP contribution in [-0.4, -0.2) is 36.1 Å². The van der Waals surface area contributed by atoms with E-state index in [0.717, 1.165) is 0 Å². The average Bonchev–Trinajstić information content (AvgIpc) is 2.76. The highest BCUT2D eigenvalue weighted by Crippen LogP contribution is 2.16. The fraction of sp³-hybridized carbons (Fsp3) is 0.385. The van der Waals surface area contributed by atoms with Gasteiger partial charge in [0, 0.05) is 31.3 Å². The van der Waals surface area contributed by atoms with Gasteiger partial charge in [-0.15, -0.1) is 0 Å². The second-order valence-corrected chi connectivity index (χ2v) is 4.52. The van der Waals surface area contributed by atoms with Gasteiger partial charge in [0.2, 0.25) is 0 Å². The van der Waals surface area contributed by atoms with Crippen LogP contribution >= 0.6 is 0 Å². The van der Waals surface area contributed by atoms with Crippen LogP contribution in [0.1, 0.15) is 13.3 Å². The van der Waals surface area contributed by atoms with Crippen LogP contribution in [0.3, 0.4) is 0 Å². The Bertz CT molecular complexity index is 490. The summed E-state index contributed by atoms with van der Waals surface area (Å²) in [5, 5.41) is 2.77. The third-order valence-electron chi connectivity index (χ3n) is 2.90. The molecule has 1 aromatic carbocycles. The molecule has 1 unspecified atom stereocenters. The second-order valence-electron chi connectivity index (χ2n) is 4.52. The van der Waals surface area contributed by atoms with Crippen molar-refractivity contribution < 1.29 is 14.3 Å². The van der Waals surface area contributed by atoms with Gasteiger partial charge in [0.15, 0.2) is 0 Å². The van der Waals surface area contributed by atoms with Crippen LogP contribution in [-0.2, 0) is 9.53 Å². The summed E-state index contributed by atoms with van der Waals surface area (Å²) in [6.07, 6.45) is 0.466.